The van der Waals surface area contributed by atoms with Gasteiger partial charge in [-0.2, -0.15) is 8.67 Å². The SMILES string of the molecule is CCCCCCCCCCCCc1c(SOOC)cc(S(=O)(=O)[O-])cc1SOOC. The molecular weight excluding hydrogens is 448 g/mol. The minimum atomic E-state index is -4.63. The van der Waals surface area contributed by atoms with Gasteiger partial charge < -0.3 is 4.55 Å². The van der Waals surface area contributed by atoms with Crippen LogP contribution in [0, 0.1) is 0 Å². The summed E-state index contributed by atoms with van der Waals surface area (Å²) in [6.45, 7) is 2.23. The highest BCUT2D eigenvalue weighted by atomic mass is 32.2. The molecule has 30 heavy (non-hydrogen) atoms. The monoisotopic (exact) mass is 481 g/mol. The zero-order valence-corrected chi connectivity index (χ0v) is 20.5. The van der Waals surface area contributed by atoms with Crippen LogP contribution in [0.25, 0.3) is 0 Å². The Morgan fingerprint density at radius 1 is 0.800 bits per heavy atom. The second-order valence-corrected chi connectivity index (χ2v) is 9.79. The van der Waals surface area contributed by atoms with Gasteiger partial charge in [0.15, 0.2) is 0 Å². The number of unbranched alkanes of at least 4 members (excludes halogenated alkanes) is 9. The van der Waals surface area contributed by atoms with Crippen LogP contribution in [0.1, 0.15) is 76.7 Å². The van der Waals surface area contributed by atoms with Gasteiger partial charge in [-0.3, -0.25) is 0 Å². The van der Waals surface area contributed by atoms with E-state index in [-0.39, 0.29) is 4.90 Å². The van der Waals surface area contributed by atoms with Gasteiger partial charge in [-0.05, 0) is 30.5 Å². The number of benzene rings is 1. The Balaban J connectivity index is 2.70. The van der Waals surface area contributed by atoms with Crippen LogP contribution in [0.5, 0.6) is 0 Å². The van der Waals surface area contributed by atoms with Gasteiger partial charge in [-0.25, -0.2) is 18.2 Å². The molecule has 7 nitrogen and oxygen atoms in total. The average molecular weight is 482 g/mol. The summed E-state index contributed by atoms with van der Waals surface area (Å²) in [6, 6.07) is 2.63. The molecule has 0 fully saturated rings. The zero-order valence-electron chi connectivity index (χ0n) is 18.0. The Labute approximate surface area is 189 Å². The van der Waals surface area contributed by atoms with E-state index in [4.69, 9.17) is 8.67 Å². The second kappa shape index (κ2) is 16.3. The van der Waals surface area contributed by atoms with Crippen LogP contribution in [0.3, 0.4) is 0 Å². The first-order chi connectivity index (χ1) is 14.4. The van der Waals surface area contributed by atoms with Crippen LogP contribution in [0.4, 0.5) is 0 Å². The molecule has 0 aliphatic heterocycles. The van der Waals surface area contributed by atoms with Crippen molar-refractivity contribution in [2.75, 3.05) is 14.2 Å². The first kappa shape index (κ1) is 27.7. The van der Waals surface area contributed by atoms with Crippen molar-refractivity contribution in [1.29, 1.82) is 0 Å². The Morgan fingerprint density at radius 3 is 1.63 bits per heavy atom. The average Bonchev–Trinajstić information content (AvgIpc) is 2.71. The molecule has 0 unspecified atom stereocenters. The maximum Gasteiger partial charge on any atom is 0.124 e. The molecule has 0 saturated heterocycles. The fourth-order valence-electron chi connectivity index (χ4n) is 3.07. The molecule has 1 rings (SSSR count). The molecule has 0 radical (unpaired) electrons. The molecule has 0 N–H and O–H groups in total. The van der Waals surface area contributed by atoms with Crippen molar-refractivity contribution in [3.05, 3.63) is 17.7 Å². The van der Waals surface area contributed by atoms with E-state index in [1.807, 2.05) is 0 Å². The largest absolute Gasteiger partial charge is 0.744 e. The molecule has 174 valence electrons. The molecule has 1 aromatic rings. The van der Waals surface area contributed by atoms with Crippen LogP contribution >= 0.6 is 24.1 Å². The lowest BCUT2D eigenvalue weighted by atomic mass is 10.0. The van der Waals surface area contributed by atoms with Crippen LogP contribution in [-0.2, 0) is 35.0 Å². The molecule has 1 aromatic carbocycles. The molecule has 0 amide bonds. The van der Waals surface area contributed by atoms with Crippen LogP contribution in [0.2, 0.25) is 0 Å². The lowest BCUT2D eigenvalue weighted by Crippen LogP contribution is -2.03. The van der Waals surface area contributed by atoms with Crippen molar-refractivity contribution < 1.29 is 31.4 Å². The van der Waals surface area contributed by atoms with Crippen LogP contribution in [-0.4, -0.2) is 27.2 Å². The van der Waals surface area contributed by atoms with Crippen molar-refractivity contribution in [1.82, 2.24) is 0 Å². The van der Waals surface area contributed by atoms with Crippen LogP contribution < -0.4 is 0 Å². The van der Waals surface area contributed by atoms with E-state index in [1.165, 1.54) is 71.3 Å². The minimum Gasteiger partial charge on any atom is -0.744 e. The van der Waals surface area contributed by atoms with Crippen molar-refractivity contribution in [3.8, 4) is 0 Å². The minimum absolute atomic E-state index is 0.348. The number of hydrogen-bond acceptors (Lipinski definition) is 9. The molecule has 0 heterocycles. The highest BCUT2D eigenvalue weighted by Crippen LogP contribution is 2.36. The molecular formula is C20H33O7S3-. The predicted octanol–water partition coefficient (Wildman–Crippen LogP) is 6.22. The summed E-state index contributed by atoms with van der Waals surface area (Å²) in [5.41, 5.74) is 0.839. The maximum atomic E-state index is 11.5. The van der Waals surface area contributed by atoms with Crippen molar-refractivity contribution in [3.63, 3.8) is 0 Å². The normalized spacial score (nSPS) is 11.9. The second-order valence-electron chi connectivity index (χ2n) is 6.92. The van der Waals surface area contributed by atoms with Gasteiger partial charge >= 0.3 is 0 Å². The summed E-state index contributed by atoms with van der Waals surface area (Å²) >= 11 is 1.74. The van der Waals surface area contributed by atoms with Crippen molar-refractivity contribution in [2.24, 2.45) is 0 Å². The van der Waals surface area contributed by atoms with Gasteiger partial charge in [-0.1, -0.05) is 64.7 Å². The van der Waals surface area contributed by atoms with Crippen molar-refractivity contribution in [2.45, 2.75) is 92.2 Å². The lowest BCUT2D eigenvalue weighted by molar-refractivity contribution is -0.160. The van der Waals surface area contributed by atoms with E-state index in [1.54, 1.807) is 0 Å². The van der Waals surface area contributed by atoms with Gasteiger partial charge in [0.05, 0.1) is 43.2 Å². The van der Waals surface area contributed by atoms with E-state index in [0.717, 1.165) is 48.9 Å². The summed E-state index contributed by atoms with van der Waals surface area (Å²) in [6.07, 6.45) is 12.9. The number of hydrogen-bond donors (Lipinski definition) is 0. The third-order valence-corrected chi connectivity index (χ3v) is 6.90. The van der Waals surface area contributed by atoms with Gasteiger partial charge in [0.25, 0.3) is 0 Å². The molecule has 0 spiro atoms. The predicted molar refractivity (Wildman–Crippen MR) is 118 cm³/mol. The van der Waals surface area contributed by atoms with Gasteiger partial charge in [0.2, 0.25) is 0 Å². The zero-order chi connectivity index (χ0) is 22.2. The number of rotatable bonds is 18. The standard InChI is InChI=1S/C20H34O7S3/c1-4-5-6-7-8-9-10-11-12-13-14-18-19(28-26-24-2)15-17(30(21,22)23)16-20(18)29-27-25-3/h15-16H,4-14H2,1-3H3,(H,21,22,23)/p-1. The first-order valence-electron chi connectivity index (χ1n) is 10.3. The molecule has 10 heteroatoms. The molecule has 0 saturated carbocycles. The van der Waals surface area contributed by atoms with Gasteiger partial charge in [0, 0.05) is 9.79 Å². The van der Waals surface area contributed by atoms with Gasteiger partial charge in [0.1, 0.15) is 10.1 Å². The lowest BCUT2D eigenvalue weighted by Gasteiger charge is -2.16. The Bertz CT molecular complexity index is 667. The maximum absolute atomic E-state index is 11.5. The van der Waals surface area contributed by atoms with E-state index in [0.29, 0.717) is 16.2 Å². The van der Waals surface area contributed by atoms with E-state index in [9.17, 15) is 13.0 Å². The molecule has 0 aromatic heterocycles. The third-order valence-electron chi connectivity index (χ3n) is 4.59. The summed E-state index contributed by atoms with van der Waals surface area (Å²) in [5.74, 6) is 0. The Morgan fingerprint density at radius 2 is 1.23 bits per heavy atom. The highest BCUT2D eigenvalue weighted by Gasteiger charge is 2.17. The molecule has 0 bridgehead atoms. The van der Waals surface area contributed by atoms with Crippen molar-refractivity contribution >= 4 is 34.2 Å². The summed E-state index contributed by atoms with van der Waals surface area (Å²) < 4.78 is 44.4. The third kappa shape index (κ3) is 11.3. The fraction of sp³-hybridized carbons (Fsp3) is 0.700. The van der Waals surface area contributed by atoms with E-state index < -0.39 is 10.1 Å². The Hall–Kier alpha value is -0.330. The fourth-order valence-corrected chi connectivity index (χ4v) is 5.06. The molecule has 0 aliphatic rings. The van der Waals surface area contributed by atoms with E-state index >= 15 is 0 Å². The molecule has 0 aliphatic carbocycles. The highest BCUT2D eigenvalue weighted by molar-refractivity contribution is 7.95. The van der Waals surface area contributed by atoms with E-state index in [2.05, 4.69) is 16.7 Å². The molecule has 0 atom stereocenters. The topological polar surface area (TPSA) is 94.1 Å². The van der Waals surface area contributed by atoms with Gasteiger partial charge in [-0.15, -0.1) is 0 Å². The smallest absolute Gasteiger partial charge is 0.124 e. The summed E-state index contributed by atoms with van der Waals surface area (Å²) in [7, 11) is -1.92. The summed E-state index contributed by atoms with van der Waals surface area (Å²) in [4.78, 5) is 9.91. The summed E-state index contributed by atoms with van der Waals surface area (Å²) in [5, 5.41) is 0. The van der Waals surface area contributed by atoms with Crippen LogP contribution in [0.15, 0.2) is 26.8 Å². The Kier molecular flexibility index (Phi) is 15.1. The quantitative estimate of drug-likeness (QED) is 0.0795. The first-order valence-corrected chi connectivity index (χ1v) is 13.2.